The first-order chi connectivity index (χ1) is 49.2. The van der Waals surface area contributed by atoms with Gasteiger partial charge in [-0.3, -0.25) is 32.5 Å². The summed E-state index contributed by atoms with van der Waals surface area (Å²) in [6.07, 6.45) is 89.9. The van der Waals surface area contributed by atoms with Gasteiger partial charge in [0.25, 0.3) is 0 Å². The Morgan fingerprint density at radius 2 is 0.525 bits per heavy atom. The third-order valence-corrected chi connectivity index (χ3v) is 18.6. The second-order valence-electron chi connectivity index (χ2n) is 26.5. The third-order valence-electron chi connectivity index (χ3n) is 16.7. The molecule has 582 valence electrons. The molecule has 0 aliphatic carbocycles. The molecule has 0 aliphatic heterocycles. The van der Waals surface area contributed by atoms with E-state index in [1.807, 2.05) is 0 Å². The molecule has 0 radical (unpaired) electrons. The number of rotatable bonds is 75. The fourth-order valence-corrected chi connectivity index (χ4v) is 12.3. The lowest BCUT2D eigenvalue weighted by molar-refractivity contribution is -0.161. The van der Waals surface area contributed by atoms with E-state index in [9.17, 15) is 43.5 Å². The fraction of sp³-hybridized carbons (Fsp3) is 0.723. The molecule has 0 aromatic carbocycles. The maximum absolute atomic E-state index is 12.9. The van der Waals surface area contributed by atoms with Crippen LogP contribution < -0.4 is 0 Å². The first-order valence-electron chi connectivity index (χ1n) is 39.8. The van der Waals surface area contributed by atoms with E-state index in [1.54, 1.807) is 0 Å². The Kier molecular flexibility index (Phi) is 72.6. The zero-order valence-electron chi connectivity index (χ0n) is 63.5. The summed E-state index contributed by atoms with van der Waals surface area (Å²) in [5.74, 6) is -1.58. The van der Waals surface area contributed by atoms with E-state index in [0.717, 1.165) is 148 Å². The van der Waals surface area contributed by atoms with Crippen molar-refractivity contribution in [1.29, 1.82) is 0 Å². The Hall–Kier alpha value is -4.05. The number of hydrogen-bond acceptors (Lipinski definition) is 14. The minimum Gasteiger partial charge on any atom is -0.463 e. The summed E-state index contributed by atoms with van der Waals surface area (Å²) in [5, 5.41) is 20.6. The van der Waals surface area contributed by atoms with Crippen LogP contribution in [0.25, 0.3) is 0 Å². The molecular formula is C83H144O16P2. The summed E-state index contributed by atoms with van der Waals surface area (Å²) in [6, 6.07) is 0. The smallest absolute Gasteiger partial charge is 0.463 e. The molecule has 0 aliphatic rings. The monoisotopic (exact) mass is 1460 g/mol. The van der Waals surface area contributed by atoms with E-state index in [-0.39, 0.29) is 19.3 Å². The summed E-state index contributed by atoms with van der Waals surface area (Å²) in [5.41, 5.74) is 0. The van der Waals surface area contributed by atoms with Crippen LogP contribution in [0.1, 0.15) is 329 Å². The van der Waals surface area contributed by atoms with Gasteiger partial charge in [0.05, 0.1) is 26.4 Å². The number of hydrogen-bond donors (Lipinski definition) is 4. The lowest BCUT2D eigenvalue weighted by atomic mass is 10.0. The molecule has 0 fully saturated rings. The van der Waals surface area contributed by atoms with Crippen molar-refractivity contribution in [2.75, 3.05) is 39.6 Å². The standard InChI is InChI=1S/C83H144O16P2/c1-4-7-10-13-16-19-22-24-26-28-30-31-32-33-34-35-36-37-38-39-40-41-42-43-44-45-47-49-50-52-55-57-60-63-66-69-81(86)93-72-78(84)73-95-100(89,90)96-74-79(85)75-97-101(91,92)98-77-80(99-83(88)71-68-65-62-59-54-21-18-15-12-9-6-3)76-94-82(87)70-67-64-61-58-56-53-51-48-46-29-27-25-23-20-17-14-11-8-5-2/h7-8,10-11,16-17,19-20,24-27,30-31,33-34,36-37,46,48,78-80,84-85H,4-6,9,12-15,18,21-23,28-29,32,35,38-45,47,49-77H2,1-3H3,(H,89,90)(H,91,92)/b10-7-,11-8-,19-16-,20-17-,26-24-,27-25-,31-30-,34-33-,37-36-,48-46-. The average molecular weight is 1460 g/mol. The van der Waals surface area contributed by atoms with Gasteiger partial charge in [0.15, 0.2) is 6.10 Å². The van der Waals surface area contributed by atoms with E-state index < -0.39 is 91.5 Å². The average Bonchev–Trinajstić information content (AvgIpc) is 0.974. The number of carbonyl (C=O) groups excluding carboxylic acids is 3. The number of ether oxygens (including phenoxy) is 3. The van der Waals surface area contributed by atoms with Gasteiger partial charge in [-0.1, -0.05) is 322 Å². The number of aliphatic hydroxyl groups is 2. The van der Waals surface area contributed by atoms with Gasteiger partial charge in [0.1, 0.15) is 25.4 Å². The molecule has 101 heavy (non-hydrogen) atoms. The molecule has 18 heteroatoms. The van der Waals surface area contributed by atoms with Gasteiger partial charge in [-0.2, -0.15) is 0 Å². The largest absolute Gasteiger partial charge is 0.472 e. The molecule has 0 aromatic heterocycles. The quantitative estimate of drug-likeness (QED) is 0.0146. The number of allylic oxidation sites excluding steroid dienone is 20. The molecule has 0 bridgehead atoms. The van der Waals surface area contributed by atoms with Crippen LogP contribution in [0, 0.1) is 0 Å². The Labute approximate surface area is 614 Å². The molecule has 0 saturated heterocycles. The summed E-state index contributed by atoms with van der Waals surface area (Å²) in [7, 11) is -9.78. The number of phosphoric ester groups is 2. The second-order valence-corrected chi connectivity index (χ2v) is 29.4. The second kappa shape index (κ2) is 75.6. The number of phosphoric acid groups is 2. The molecule has 4 N–H and O–H groups in total. The lowest BCUT2D eigenvalue weighted by Gasteiger charge is -2.21. The highest BCUT2D eigenvalue weighted by Crippen LogP contribution is 2.45. The molecule has 0 heterocycles. The van der Waals surface area contributed by atoms with Crippen LogP contribution >= 0.6 is 15.6 Å². The predicted molar refractivity (Wildman–Crippen MR) is 417 cm³/mol. The molecule has 0 amide bonds. The van der Waals surface area contributed by atoms with Crippen LogP contribution in [0.2, 0.25) is 0 Å². The van der Waals surface area contributed by atoms with Gasteiger partial charge < -0.3 is 34.2 Å². The minimum atomic E-state index is -4.93. The van der Waals surface area contributed by atoms with E-state index in [1.165, 1.54) is 122 Å². The highest BCUT2D eigenvalue weighted by Gasteiger charge is 2.29. The van der Waals surface area contributed by atoms with Crippen molar-refractivity contribution in [3.63, 3.8) is 0 Å². The van der Waals surface area contributed by atoms with E-state index in [4.69, 9.17) is 32.3 Å². The van der Waals surface area contributed by atoms with Crippen molar-refractivity contribution >= 4 is 33.6 Å². The van der Waals surface area contributed by atoms with Crippen molar-refractivity contribution in [2.45, 2.75) is 347 Å². The van der Waals surface area contributed by atoms with Crippen molar-refractivity contribution in [3.05, 3.63) is 122 Å². The molecule has 0 spiro atoms. The molecule has 5 atom stereocenters. The van der Waals surface area contributed by atoms with Gasteiger partial charge in [0, 0.05) is 19.3 Å². The van der Waals surface area contributed by atoms with E-state index in [2.05, 4.69) is 142 Å². The molecule has 0 aromatic rings. The fourth-order valence-electron chi connectivity index (χ4n) is 10.7. The Morgan fingerprint density at radius 1 is 0.287 bits per heavy atom. The Balaban J connectivity index is 4.33. The zero-order chi connectivity index (χ0) is 73.7. The van der Waals surface area contributed by atoms with Gasteiger partial charge in [-0.15, -0.1) is 0 Å². The molecular weight excluding hydrogens is 1310 g/mol. The van der Waals surface area contributed by atoms with Crippen molar-refractivity contribution in [3.8, 4) is 0 Å². The third kappa shape index (κ3) is 76.9. The first kappa shape index (κ1) is 97.0. The topological polar surface area (TPSA) is 231 Å². The van der Waals surface area contributed by atoms with Crippen molar-refractivity contribution in [2.24, 2.45) is 0 Å². The summed E-state index contributed by atoms with van der Waals surface area (Å²) >= 11 is 0. The van der Waals surface area contributed by atoms with Crippen LogP contribution in [0.3, 0.4) is 0 Å². The maximum Gasteiger partial charge on any atom is 0.472 e. The van der Waals surface area contributed by atoms with Crippen molar-refractivity contribution < 1.29 is 75.8 Å². The van der Waals surface area contributed by atoms with Gasteiger partial charge >= 0.3 is 33.6 Å². The number of aliphatic hydroxyl groups excluding tert-OH is 2. The SMILES string of the molecule is CC/C=C\C/C=C\C/C=C\C/C=C\C/C=C\C/C=C\CCCCCCCCCCCCCCCCCCC(=O)OCC(O)COP(=O)(O)OCC(O)COP(=O)(O)OCC(COC(=O)CCCCCCCC/C=C\C/C=C\C/C=C\C/C=C\CC)OC(=O)CCCCCCCCCCCCC. The molecule has 0 rings (SSSR count). The number of carbonyl (C=O) groups is 3. The number of esters is 3. The summed E-state index contributed by atoms with van der Waals surface area (Å²) in [4.78, 5) is 58.5. The first-order valence-corrected chi connectivity index (χ1v) is 42.8. The van der Waals surface area contributed by atoms with Gasteiger partial charge in [0.2, 0.25) is 0 Å². The summed E-state index contributed by atoms with van der Waals surface area (Å²) in [6.45, 7) is 2.45. The Bertz CT molecular complexity index is 2320. The van der Waals surface area contributed by atoms with Gasteiger partial charge in [-0.25, -0.2) is 9.13 Å². The predicted octanol–water partition coefficient (Wildman–Crippen LogP) is 23.3. The van der Waals surface area contributed by atoms with Crippen LogP contribution in [-0.2, 0) is 55.8 Å². The molecule has 16 nitrogen and oxygen atoms in total. The highest BCUT2D eigenvalue weighted by molar-refractivity contribution is 7.47. The lowest BCUT2D eigenvalue weighted by Crippen LogP contribution is -2.30. The van der Waals surface area contributed by atoms with Crippen LogP contribution in [-0.4, -0.2) is 95.9 Å². The number of unbranched alkanes of at least 4 members (excludes halogenated alkanes) is 32. The Morgan fingerprint density at radius 3 is 0.832 bits per heavy atom. The van der Waals surface area contributed by atoms with Crippen LogP contribution in [0.5, 0.6) is 0 Å². The minimum absolute atomic E-state index is 0.103. The summed E-state index contributed by atoms with van der Waals surface area (Å²) < 4.78 is 61.0. The normalized spacial score (nSPS) is 14.6. The van der Waals surface area contributed by atoms with Crippen LogP contribution in [0.15, 0.2) is 122 Å². The maximum atomic E-state index is 12.9. The molecule has 0 saturated carbocycles. The van der Waals surface area contributed by atoms with Gasteiger partial charge in [-0.05, 0) is 109 Å². The van der Waals surface area contributed by atoms with E-state index in [0.29, 0.717) is 19.3 Å². The highest BCUT2D eigenvalue weighted by atomic mass is 31.2. The van der Waals surface area contributed by atoms with E-state index >= 15 is 0 Å². The zero-order valence-corrected chi connectivity index (χ0v) is 65.3. The van der Waals surface area contributed by atoms with Crippen LogP contribution in [0.4, 0.5) is 0 Å². The molecule has 5 unspecified atom stereocenters. The van der Waals surface area contributed by atoms with Crippen molar-refractivity contribution in [1.82, 2.24) is 0 Å².